The van der Waals surface area contributed by atoms with E-state index in [0.717, 1.165) is 4.88 Å². The van der Waals surface area contributed by atoms with E-state index < -0.39 is 0 Å². The van der Waals surface area contributed by atoms with Crippen LogP contribution in [0.2, 0.25) is 0 Å². The standard InChI is InChI=1S/C13H10N2O3S/c16-13(14-8-9-3-2-6-19-9)10-7-12(18-15-10)11-4-1-5-17-11/h1-7H,8H2,(H,14,16). The third-order valence-electron chi connectivity index (χ3n) is 2.51. The molecule has 3 aromatic rings. The Morgan fingerprint density at radius 3 is 3.00 bits per heavy atom. The van der Waals surface area contributed by atoms with Crippen LogP contribution in [0.1, 0.15) is 15.4 Å². The van der Waals surface area contributed by atoms with E-state index in [0.29, 0.717) is 18.1 Å². The first-order valence-corrected chi connectivity index (χ1v) is 6.52. The van der Waals surface area contributed by atoms with Crippen molar-refractivity contribution in [2.75, 3.05) is 0 Å². The maximum absolute atomic E-state index is 11.9. The Bertz CT molecular complexity index is 656. The first-order chi connectivity index (χ1) is 9.33. The topological polar surface area (TPSA) is 68.3 Å². The Balaban J connectivity index is 1.67. The molecule has 0 aliphatic rings. The van der Waals surface area contributed by atoms with Gasteiger partial charge < -0.3 is 14.3 Å². The number of amides is 1. The molecule has 0 atom stereocenters. The van der Waals surface area contributed by atoms with Gasteiger partial charge in [0.1, 0.15) is 0 Å². The normalized spacial score (nSPS) is 10.5. The van der Waals surface area contributed by atoms with Crippen molar-refractivity contribution in [1.82, 2.24) is 10.5 Å². The number of carbonyl (C=O) groups is 1. The molecular formula is C13H10N2O3S. The number of hydrogen-bond donors (Lipinski definition) is 1. The summed E-state index contributed by atoms with van der Waals surface area (Å²) in [5.41, 5.74) is 0.239. The molecular weight excluding hydrogens is 264 g/mol. The lowest BCUT2D eigenvalue weighted by Gasteiger charge is -1.99. The molecule has 0 aliphatic heterocycles. The van der Waals surface area contributed by atoms with Crippen LogP contribution in [0.15, 0.2) is 50.9 Å². The molecule has 1 amide bonds. The second-order valence-electron chi connectivity index (χ2n) is 3.82. The molecule has 1 N–H and O–H groups in total. The smallest absolute Gasteiger partial charge is 0.273 e. The summed E-state index contributed by atoms with van der Waals surface area (Å²) in [4.78, 5) is 12.9. The van der Waals surface area contributed by atoms with Crippen molar-refractivity contribution < 1.29 is 13.7 Å². The van der Waals surface area contributed by atoms with Crippen LogP contribution in [0.5, 0.6) is 0 Å². The van der Waals surface area contributed by atoms with Crippen LogP contribution in [0.3, 0.4) is 0 Å². The number of hydrogen-bond acceptors (Lipinski definition) is 5. The number of furan rings is 1. The van der Waals surface area contributed by atoms with Gasteiger partial charge in [-0.15, -0.1) is 11.3 Å². The van der Waals surface area contributed by atoms with E-state index in [9.17, 15) is 4.79 Å². The maximum atomic E-state index is 11.9. The molecule has 0 saturated carbocycles. The van der Waals surface area contributed by atoms with Crippen LogP contribution in [0.4, 0.5) is 0 Å². The van der Waals surface area contributed by atoms with E-state index in [1.807, 2.05) is 17.5 Å². The summed E-state index contributed by atoms with van der Waals surface area (Å²) in [5, 5.41) is 8.47. The van der Waals surface area contributed by atoms with E-state index in [4.69, 9.17) is 8.94 Å². The number of carbonyl (C=O) groups excluding carboxylic acids is 1. The van der Waals surface area contributed by atoms with Crippen molar-refractivity contribution in [3.63, 3.8) is 0 Å². The van der Waals surface area contributed by atoms with E-state index in [1.54, 1.807) is 29.5 Å². The maximum Gasteiger partial charge on any atom is 0.273 e. The highest BCUT2D eigenvalue weighted by Crippen LogP contribution is 2.20. The van der Waals surface area contributed by atoms with Gasteiger partial charge in [-0.2, -0.15) is 0 Å². The molecule has 3 aromatic heterocycles. The molecule has 5 nitrogen and oxygen atoms in total. The van der Waals surface area contributed by atoms with Crippen molar-refractivity contribution >= 4 is 17.2 Å². The molecule has 0 saturated heterocycles. The number of nitrogens with zero attached hydrogens (tertiary/aromatic N) is 1. The molecule has 0 aromatic carbocycles. The number of nitrogens with one attached hydrogen (secondary N) is 1. The number of aromatic nitrogens is 1. The molecule has 0 fully saturated rings. The highest BCUT2D eigenvalue weighted by atomic mass is 32.1. The van der Waals surface area contributed by atoms with Crippen LogP contribution < -0.4 is 5.32 Å². The minimum Gasteiger partial charge on any atom is -0.461 e. The van der Waals surface area contributed by atoms with E-state index in [-0.39, 0.29) is 11.6 Å². The third kappa shape index (κ3) is 2.58. The van der Waals surface area contributed by atoms with Gasteiger partial charge in [0.05, 0.1) is 12.8 Å². The molecule has 0 aliphatic carbocycles. The van der Waals surface area contributed by atoms with Crippen LogP contribution in [-0.4, -0.2) is 11.1 Å². The SMILES string of the molecule is O=C(NCc1cccs1)c1cc(-c2ccco2)on1. The minimum atomic E-state index is -0.269. The Morgan fingerprint density at radius 1 is 1.32 bits per heavy atom. The third-order valence-corrected chi connectivity index (χ3v) is 3.39. The lowest BCUT2D eigenvalue weighted by atomic mass is 10.3. The van der Waals surface area contributed by atoms with Crippen LogP contribution in [-0.2, 0) is 6.54 Å². The molecule has 6 heteroatoms. The molecule has 3 rings (SSSR count). The predicted molar refractivity (Wildman–Crippen MR) is 69.7 cm³/mol. The summed E-state index contributed by atoms with van der Waals surface area (Å²) in [6.07, 6.45) is 1.54. The Kier molecular flexibility index (Phi) is 3.16. The fourth-order valence-corrected chi connectivity index (χ4v) is 2.23. The van der Waals surface area contributed by atoms with Crippen molar-refractivity contribution in [2.24, 2.45) is 0 Å². The Labute approximate surface area is 112 Å². The van der Waals surface area contributed by atoms with E-state index in [1.165, 1.54) is 6.26 Å². The van der Waals surface area contributed by atoms with Gasteiger partial charge in [0.25, 0.3) is 5.91 Å². The first kappa shape index (κ1) is 11.7. The van der Waals surface area contributed by atoms with Gasteiger partial charge in [-0.3, -0.25) is 4.79 Å². The molecule has 0 spiro atoms. The van der Waals surface area contributed by atoms with Gasteiger partial charge in [-0.25, -0.2) is 0 Å². The highest BCUT2D eigenvalue weighted by Gasteiger charge is 2.14. The van der Waals surface area contributed by atoms with Crippen molar-refractivity contribution in [3.8, 4) is 11.5 Å². The second-order valence-corrected chi connectivity index (χ2v) is 4.85. The lowest BCUT2D eigenvalue weighted by Crippen LogP contribution is -2.22. The largest absolute Gasteiger partial charge is 0.461 e. The van der Waals surface area contributed by atoms with Gasteiger partial charge in [0, 0.05) is 10.9 Å². The monoisotopic (exact) mass is 274 g/mol. The first-order valence-electron chi connectivity index (χ1n) is 5.64. The predicted octanol–water partition coefficient (Wildman–Crippen LogP) is 2.93. The summed E-state index contributed by atoms with van der Waals surface area (Å²) in [6.45, 7) is 0.486. The van der Waals surface area contributed by atoms with Gasteiger partial charge in [0.2, 0.25) is 5.76 Å². The quantitative estimate of drug-likeness (QED) is 0.794. The molecule has 0 bridgehead atoms. The average molecular weight is 274 g/mol. The fraction of sp³-hybridized carbons (Fsp3) is 0.0769. The molecule has 0 radical (unpaired) electrons. The zero-order valence-electron chi connectivity index (χ0n) is 9.83. The van der Waals surface area contributed by atoms with Gasteiger partial charge in [-0.1, -0.05) is 11.2 Å². The molecule has 0 unspecified atom stereocenters. The van der Waals surface area contributed by atoms with Gasteiger partial charge in [0.15, 0.2) is 11.5 Å². The van der Waals surface area contributed by atoms with E-state index in [2.05, 4.69) is 10.5 Å². The molecule has 3 heterocycles. The zero-order chi connectivity index (χ0) is 13.1. The molecule has 96 valence electrons. The fourth-order valence-electron chi connectivity index (χ4n) is 1.59. The summed E-state index contributed by atoms with van der Waals surface area (Å²) in [7, 11) is 0. The van der Waals surface area contributed by atoms with Gasteiger partial charge in [-0.05, 0) is 23.6 Å². The average Bonchev–Trinajstić information content (AvgIpc) is 3.14. The number of thiophene rings is 1. The summed E-state index contributed by atoms with van der Waals surface area (Å²) < 4.78 is 10.2. The highest BCUT2D eigenvalue weighted by molar-refractivity contribution is 7.09. The number of rotatable bonds is 4. The summed E-state index contributed by atoms with van der Waals surface area (Å²) >= 11 is 1.59. The zero-order valence-corrected chi connectivity index (χ0v) is 10.6. The van der Waals surface area contributed by atoms with Crippen LogP contribution >= 0.6 is 11.3 Å². The van der Waals surface area contributed by atoms with Crippen LogP contribution in [0, 0.1) is 0 Å². The lowest BCUT2D eigenvalue weighted by molar-refractivity contribution is 0.0942. The summed E-state index contributed by atoms with van der Waals surface area (Å²) in [6, 6.07) is 8.95. The van der Waals surface area contributed by atoms with Crippen LogP contribution in [0.25, 0.3) is 11.5 Å². The Hall–Kier alpha value is -2.34. The van der Waals surface area contributed by atoms with E-state index >= 15 is 0 Å². The van der Waals surface area contributed by atoms with Crippen molar-refractivity contribution in [2.45, 2.75) is 6.54 Å². The van der Waals surface area contributed by atoms with Crippen molar-refractivity contribution in [1.29, 1.82) is 0 Å². The minimum absolute atomic E-state index is 0.239. The second kappa shape index (κ2) is 5.11. The summed E-state index contributed by atoms with van der Waals surface area (Å²) in [5.74, 6) is 0.714. The van der Waals surface area contributed by atoms with Gasteiger partial charge >= 0.3 is 0 Å². The van der Waals surface area contributed by atoms with Crippen molar-refractivity contribution in [3.05, 3.63) is 52.5 Å². The Morgan fingerprint density at radius 2 is 2.26 bits per heavy atom. The molecule has 19 heavy (non-hydrogen) atoms.